The summed E-state index contributed by atoms with van der Waals surface area (Å²) in [6.07, 6.45) is 3.10. The maximum atomic E-state index is 12.2. The van der Waals surface area contributed by atoms with E-state index in [1.165, 1.54) is 20.3 Å². The van der Waals surface area contributed by atoms with Crippen LogP contribution in [0.25, 0.3) is 6.08 Å². The molecule has 0 aliphatic rings. The zero-order chi connectivity index (χ0) is 17.5. The average molecular weight is 323 g/mol. The highest BCUT2D eigenvalue weighted by atomic mass is 16.5. The Kier molecular flexibility index (Phi) is 5.58. The summed E-state index contributed by atoms with van der Waals surface area (Å²) in [6.45, 7) is 0. The first-order valence-electron chi connectivity index (χ1n) is 7.16. The summed E-state index contributed by atoms with van der Waals surface area (Å²) in [5, 5.41) is 8.78. The van der Waals surface area contributed by atoms with E-state index in [1.54, 1.807) is 49.6 Å². The number of hydrogen-bond acceptors (Lipinski definition) is 5. The monoisotopic (exact) mass is 323 g/mol. The van der Waals surface area contributed by atoms with Gasteiger partial charge in [-0.05, 0) is 48.6 Å². The highest BCUT2D eigenvalue weighted by molar-refractivity contribution is 6.07. The molecule has 0 saturated carbocycles. The maximum absolute atomic E-state index is 12.2. The largest absolute Gasteiger partial charge is 0.493 e. The predicted octanol–water partition coefficient (Wildman–Crippen LogP) is 3.48. The van der Waals surface area contributed by atoms with Crippen molar-refractivity contribution in [2.75, 3.05) is 21.3 Å². The van der Waals surface area contributed by atoms with Crippen LogP contribution < -0.4 is 14.2 Å². The first-order chi connectivity index (χ1) is 11.6. The number of carbonyl (C=O) groups excluding carboxylic acids is 1. The van der Waals surface area contributed by atoms with E-state index in [0.29, 0.717) is 33.9 Å². The fourth-order valence-electron chi connectivity index (χ4n) is 2.23. The fraction of sp³-hybridized carbons (Fsp3) is 0.158. The van der Waals surface area contributed by atoms with Crippen molar-refractivity contribution in [1.29, 1.82) is 5.26 Å². The zero-order valence-corrected chi connectivity index (χ0v) is 13.7. The van der Waals surface area contributed by atoms with Gasteiger partial charge in [0.2, 0.25) is 5.75 Å². The smallest absolute Gasteiger partial charge is 0.203 e. The van der Waals surface area contributed by atoms with Crippen LogP contribution in [0, 0.1) is 11.3 Å². The minimum atomic E-state index is -0.170. The van der Waals surface area contributed by atoms with Crippen LogP contribution >= 0.6 is 0 Å². The van der Waals surface area contributed by atoms with E-state index in [0.717, 1.165) is 0 Å². The summed E-state index contributed by atoms with van der Waals surface area (Å²) < 4.78 is 15.9. The van der Waals surface area contributed by atoms with E-state index in [-0.39, 0.29) is 5.78 Å². The molecule has 2 aromatic carbocycles. The molecule has 0 bridgehead atoms. The molecule has 0 heterocycles. The number of ether oxygens (including phenoxy) is 3. The Morgan fingerprint density at radius 3 is 2.17 bits per heavy atom. The molecule has 0 unspecified atom stereocenters. The van der Waals surface area contributed by atoms with E-state index >= 15 is 0 Å². The molecule has 2 rings (SSSR count). The number of allylic oxidation sites excluding steroid dienone is 1. The molecular formula is C19H17NO4. The molecule has 0 aliphatic heterocycles. The molecule has 0 aromatic heterocycles. The molecule has 5 nitrogen and oxygen atoms in total. The molecule has 0 saturated heterocycles. The third-order valence-electron chi connectivity index (χ3n) is 3.45. The Morgan fingerprint density at radius 1 is 0.958 bits per heavy atom. The Hall–Kier alpha value is -3.26. The van der Waals surface area contributed by atoms with Crippen molar-refractivity contribution < 1.29 is 19.0 Å². The fourth-order valence-corrected chi connectivity index (χ4v) is 2.23. The standard InChI is InChI=1S/C19H17NO4/c1-22-17-11-9-15(18(23-2)19(17)24-3)8-10-16(21)14-6-4-13(12-20)5-7-14/h4-11H,1-3H3/b10-8+. The second-order valence-corrected chi connectivity index (χ2v) is 4.81. The lowest BCUT2D eigenvalue weighted by Crippen LogP contribution is -1.97. The van der Waals surface area contributed by atoms with Gasteiger partial charge in [-0.3, -0.25) is 4.79 Å². The number of benzene rings is 2. The summed E-state index contributed by atoms with van der Waals surface area (Å²) in [4.78, 5) is 12.2. The lowest BCUT2D eigenvalue weighted by Gasteiger charge is -2.13. The predicted molar refractivity (Wildman–Crippen MR) is 90.6 cm³/mol. The van der Waals surface area contributed by atoms with E-state index in [9.17, 15) is 4.79 Å². The summed E-state index contributed by atoms with van der Waals surface area (Å²) in [7, 11) is 4.59. The molecule has 0 aliphatic carbocycles. The Labute approximate surface area is 140 Å². The SMILES string of the molecule is COc1ccc(/C=C/C(=O)c2ccc(C#N)cc2)c(OC)c1OC. The molecule has 0 radical (unpaired) electrons. The summed E-state index contributed by atoms with van der Waals surface area (Å²) >= 11 is 0. The number of nitrogens with zero attached hydrogens (tertiary/aromatic N) is 1. The number of hydrogen-bond donors (Lipinski definition) is 0. The van der Waals surface area contributed by atoms with Crippen LogP contribution in [0.4, 0.5) is 0 Å². The second-order valence-electron chi connectivity index (χ2n) is 4.81. The van der Waals surface area contributed by atoms with E-state index < -0.39 is 0 Å². The van der Waals surface area contributed by atoms with Gasteiger partial charge in [0.25, 0.3) is 0 Å². The van der Waals surface area contributed by atoms with Crippen molar-refractivity contribution >= 4 is 11.9 Å². The van der Waals surface area contributed by atoms with Crippen LogP contribution in [0.5, 0.6) is 17.2 Å². The van der Waals surface area contributed by atoms with Gasteiger partial charge in [0, 0.05) is 11.1 Å². The lowest BCUT2D eigenvalue weighted by molar-refractivity contribution is 0.104. The van der Waals surface area contributed by atoms with Crippen molar-refractivity contribution in [3.8, 4) is 23.3 Å². The van der Waals surface area contributed by atoms with E-state index in [4.69, 9.17) is 19.5 Å². The molecule has 5 heteroatoms. The first kappa shape index (κ1) is 17.1. The normalized spacial score (nSPS) is 10.2. The van der Waals surface area contributed by atoms with Crippen LogP contribution in [0.1, 0.15) is 21.5 Å². The number of nitriles is 1. The Bertz CT molecular complexity index is 801. The number of ketones is 1. The molecule has 0 atom stereocenters. The van der Waals surface area contributed by atoms with Crippen LogP contribution in [-0.2, 0) is 0 Å². The Balaban J connectivity index is 2.30. The molecule has 122 valence electrons. The van der Waals surface area contributed by atoms with Gasteiger partial charge in [0.1, 0.15) is 0 Å². The first-order valence-corrected chi connectivity index (χ1v) is 7.16. The molecule has 0 N–H and O–H groups in total. The van der Waals surface area contributed by atoms with Gasteiger partial charge in [-0.2, -0.15) is 5.26 Å². The van der Waals surface area contributed by atoms with Crippen molar-refractivity contribution in [2.24, 2.45) is 0 Å². The Morgan fingerprint density at radius 2 is 1.62 bits per heavy atom. The third-order valence-corrected chi connectivity index (χ3v) is 3.45. The van der Waals surface area contributed by atoms with Crippen molar-refractivity contribution in [2.45, 2.75) is 0 Å². The lowest BCUT2D eigenvalue weighted by atomic mass is 10.1. The van der Waals surface area contributed by atoms with E-state index in [2.05, 4.69) is 0 Å². The average Bonchev–Trinajstić information content (AvgIpc) is 2.64. The van der Waals surface area contributed by atoms with Crippen LogP contribution in [0.15, 0.2) is 42.5 Å². The highest BCUT2D eigenvalue weighted by Gasteiger charge is 2.14. The molecule has 24 heavy (non-hydrogen) atoms. The molecule has 2 aromatic rings. The van der Waals surface area contributed by atoms with E-state index in [1.807, 2.05) is 6.07 Å². The molecule has 0 fully saturated rings. The topological polar surface area (TPSA) is 68.6 Å². The van der Waals surface area contributed by atoms with Gasteiger partial charge in [-0.25, -0.2) is 0 Å². The van der Waals surface area contributed by atoms with Crippen LogP contribution in [0.2, 0.25) is 0 Å². The zero-order valence-electron chi connectivity index (χ0n) is 13.7. The van der Waals surface area contributed by atoms with Crippen molar-refractivity contribution in [1.82, 2.24) is 0 Å². The van der Waals surface area contributed by atoms with Gasteiger partial charge in [-0.15, -0.1) is 0 Å². The van der Waals surface area contributed by atoms with Gasteiger partial charge >= 0.3 is 0 Å². The van der Waals surface area contributed by atoms with Crippen LogP contribution in [-0.4, -0.2) is 27.1 Å². The number of rotatable bonds is 6. The summed E-state index contributed by atoms with van der Waals surface area (Å²) in [5.74, 6) is 1.33. The quantitative estimate of drug-likeness (QED) is 0.601. The number of carbonyl (C=O) groups is 1. The minimum Gasteiger partial charge on any atom is -0.493 e. The molecular weight excluding hydrogens is 306 g/mol. The van der Waals surface area contributed by atoms with Gasteiger partial charge in [0.05, 0.1) is 33.0 Å². The molecule has 0 amide bonds. The van der Waals surface area contributed by atoms with Crippen LogP contribution in [0.3, 0.4) is 0 Å². The van der Waals surface area contributed by atoms with Gasteiger partial charge < -0.3 is 14.2 Å². The summed E-state index contributed by atoms with van der Waals surface area (Å²) in [6, 6.07) is 12.0. The number of methoxy groups -OCH3 is 3. The summed E-state index contributed by atoms with van der Waals surface area (Å²) in [5.41, 5.74) is 1.71. The maximum Gasteiger partial charge on any atom is 0.203 e. The second kappa shape index (κ2) is 7.84. The minimum absolute atomic E-state index is 0.170. The highest BCUT2D eigenvalue weighted by Crippen LogP contribution is 2.40. The third kappa shape index (κ3) is 3.55. The van der Waals surface area contributed by atoms with Gasteiger partial charge in [0.15, 0.2) is 17.3 Å². The van der Waals surface area contributed by atoms with Gasteiger partial charge in [-0.1, -0.05) is 0 Å². The van der Waals surface area contributed by atoms with Crippen molar-refractivity contribution in [3.63, 3.8) is 0 Å². The van der Waals surface area contributed by atoms with Crippen molar-refractivity contribution in [3.05, 3.63) is 59.2 Å². The molecule has 0 spiro atoms.